The molecule has 0 spiro atoms. The summed E-state index contributed by atoms with van der Waals surface area (Å²) in [6, 6.07) is 5.39. The van der Waals surface area contributed by atoms with Gasteiger partial charge in [-0.3, -0.25) is 4.79 Å². The van der Waals surface area contributed by atoms with Crippen LogP contribution in [-0.2, 0) is 12.8 Å². The second-order valence-corrected chi connectivity index (χ2v) is 6.89. The molecule has 1 aliphatic rings. The summed E-state index contributed by atoms with van der Waals surface area (Å²) in [4.78, 5) is 14.0. The molecule has 122 valence electrons. The zero-order chi connectivity index (χ0) is 16.4. The summed E-state index contributed by atoms with van der Waals surface area (Å²) in [7, 11) is 3.18. The van der Waals surface area contributed by atoms with Crippen molar-refractivity contribution in [3.05, 3.63) is 39.6 Å². The first-order chi connectivity index (χ1) is 11.1. The van der Waals surface area contributed by atoms with Crippen LogP contribution in [-0.4, -0.2) is 20.1 Å². The van der Waals surface area contributed by atoms with Crippen LogP contribution in [0.2, 0.25) is 0 Å². The lowest BCUT2D eigenvalue weighted by Gasteiger charge is -2.19. The van der Waals surface area contributed by atoms with Gasteiger partial charge in [-0.15, -0.1) is 11.3 Å². The highest BCUT2D eigenvalue weighted by atomic mass is 32.1. The average Bonchev–Trinajstić information content (AvgIpc) is 2.97. The molecule has 2 aromatic rings. The molecule has 0 fully saturated rings. The Balaban J connectivity index is 1.80. The Morgan fingerprint density at radius 3 is 2.78 bits per heavy atom. The van der Waals surface area contributed by atoms with Crippen molar-refractivity contribution < 1.29 is 14.3 Å². The van der Waals surface area contributed by atoms with Crippen molar-refractivity contribution in [3.8, 4) is 11.5 Å². The van der Waals surface area contributed by atoms with Gasteiger partial charge in [0.2, 0.25) is 0 Å². The van der Waals surface area contributed by atoms with Crippen LogP contribution in [0, 0.1) is 5.92 Å². The number of hydrogen-bond acceptors (Lipinski definition) is 4. The van der Waals surface area contributed by atoms with Gasteiger partial charge in [-0.25, -0.2) is 0 Å². The maximum atomic E-state index is 12.6. The van der Waals surface area contributed by atoms with Crippen LogP contribution in [0.3, 0.4) is 0 Å². The molecule has 0 aliphatic heterocycles. The van der Waals surface area contributed by atoms with Crippen molar-refractivity contribution in [2.24, 2.45) is 5.92 Å². The quantitative estimate of drug-likeness (QED) is 0.916. The smallest absolute Gasteiger partial charge is 0.256 e. The van der Waals surface area contributed by atoms with Gasteiger partial charge in [0.25, 0.3) is 5.91 Å². The maximum Gasteiger partial charge on any atom is 0.256 e. The molecule has 5 heteroatoms. The predicted octanol–water partition coefficient (Wildman–Crippen LogP) is 4.14. The van der Waals surface area contributed by atoms with Crippen LogP contribution < -0.4 is 14.8 Å². The van der Waals surface area contributed by atoms with Gasteiger partial charge in [0, 0.05) is 22.0 Å². The standard InChI is InChI=1S/C18H21NO3S/c1-11-4-6-13-14(10-23-17(13)8-11)18(20)19-12-5-7-15(21-2)16(9-12)22-3/h5,7,9-11H,4,6,8H2,1-3H3,(H,19,20). The average molecular weight is 331 g/mol. The van der Waals surface area contributed by atoms with Gasteiger partial charge < -0.3 is 14.8 Å². The third-order valence-corrected chi connectivity index (χ3v) is 5.34. The Morgan fingerprint density at radius 2 is 2.04 bits per heavy atom. The monoisotopic (exact) mass is 331 g/mol. The van der Waals surface area contributed by atoms with E-state index < -0.39 is 0 Å². The van der Waals surface area contributed by atoms with E-state index in [1.807, 2.05) is 11.4 Å². The first kappa shape index (κ1) is 15.9. The minimum Gasteiger partial charge on any atom is -0.493 e. The second kappa shape index (κ2) is 6.62. The molecular formula is C18H21NO3S. The SMILES string of the molecule is COc1ccc(NC(=O)c2csc3c2CCC(C)C3)cc1OC. The van der Waals surface area contributed by atoms with E-state index in [4.69, 9.17) is 9.47 Å². The zero-order valence-electron chi connectivity index (χ0n) is 13.6. The summed E-state index contributed by atoms with van der Waals surface area (Å²) >= 11 is 1.70. The number of fused-ring (bicyclic) bond motifs is 1. The van der Waals surface area contributed by atoms with Crippen molar-refractivity contribution in [2.45, 2.75) is 26.2 Å². The predicted molar refractivity (Wildman–Crippen MR) is 93.0 cm³/mol. The summed E-state index contributed by atoms with van der Waals surface area (Å²) in [5.74, 6) is 1.91. The van der Waals surface area contributed by atoms with E-state index in [0.29, 0.717) is 23.1 Å². The fraction of sp³-hybridized carbons (Fsp3) is 0.389. The summed E-state index contributed by atoms with van der Waals surface area (Å²) in [5, 5.41) is 4.95. The maximum absolute atomic E-state index is 12.6. The number of benzene rings is 1. The third kappa shape index (κ3) is 3.20. The van der Waals surface area contributed by atoms with Gasteiger partial charge in [0.15, 0.2) is 11.5 Å². The zero-order valence-corrected chi connectivity index (χ0v) is 14.5. The van der Waals surface area contributed by atoms with Gasteiger partial charge in [0.1, 0.15) is 0 Å². The third-order valence-electron chi connectivity index (χ3n) is 4.29. The van der Waals surface area contributed by atoms with Crippen LogP contribution in [0.15, 0.2) is 23.6 Å². The van der Waals surface area contributed by atoms with Gasteiger partial charge in [0.05, 0.1) is 19.8 Å². The molecule has 1 atom stereocenters. The van der Waals surface area contributed by atoms with Crippen molar-refractivity contribution in [1.29, 1.82) is 0 Å². The Morgan fingerprint density at radius 1 is 1.26 bits per heavy atom. The van der Waals surface area contributed by atoms with E-state index >= 15 is 0 Å². The topological polar surface area (TPSA) is 47.6 Å². The van der Waals surface area contributed by atoms with Gasteiger partial charge in [-0.2, -0.15) is 0 Å². The lowest BCUT2D eigenvalue weighted by atomic mass is 9.88. The van der Waals surface area contributed by atoms with Crippen molar-refractivity contribution in [3.63, 3.8) is 0 Å². The Labute approximate surface area is 140 Å². The van der Waals surface area contributed by atoms with Crippen LogP contribution in [0.1, 0.15) is 34.1 Å². The molecule has 3 rings (SSSR count). The highest BCUT2D eigenvalue weighted by Gasteiger charge is 2.23. The van der Waals surface area contributed by atoms with E-state index in [2.05, 4.69) is 12.2 Å². The van der Waals surface area contributed by atoms with E-state index in [9.17, 15) is 4.79 Å². The van der Waals surface area contributed by atoms with Crippen molar-refractivity contribution >= 4 is 22.9 Å². The molecule has 0 bridgehead atoms. The molecule has 1 aliphatic carbocycles. The lowest BCUT2D eigenvalue weighted by molar-refractivity contribution is 0.102. The Hall–Kier alpha value is -2.01. The van der Waals surface area contributed by atoms with Gasteiger partial charge in [-0.1, -0.05) is 6.92 Å². The largest absolute Gasteiger partial charge is 0.493 e. The fourth-order valence-electron chi connectivity index (χ4n) is 2.98. The number of carbonyl (C=O) groups excluding carboxylic acids is 1. The summed E-state index contributed by atoms with van der Waals surface area (Å²) in [6.45, 7) is 2.27. The number of ether oxygens (including phenoxy) is 2. The number of carbonyl (C=O) groups is 1. The van der Waals surface area contributed by atoms with E-state index in [-0.39, 0.29) is 5.91 Å². The van der Waals surface area contributed by atoms with Gasteiger partial charge >= 0.3 is 0 Å². The number of amides is 1. The minimum atomic E-state index is -0.0516. The molecule has 1 N–H and O–H groups in total. The van der Waals surface area contributed by atoms with Crippen LogP contribution >= 0.6 is 11.3 Å². The van der Waals surface area contributed by atoms with Gasteiger partial charge in [-0.05, 0) is 42.9 Å². The van der Waals surface area contributed by atoms with Crippen molar-refractivity contribution in [1.82, 2.24) is 0 Å². The Kier molecular flexibility index (Phi) is 4.57. The highest BCUT2D eigenvalue weighted by molar-refractivity contribution is 7.10. The van der Waals surface area contributed by atoms with Crippen LogP contribution in [0.4, 0.5) is 5.69 Å². The highest BCUT2D eigenvalue weighted by Crippen LogP contribution is 2.34. The van der Waals surface area contributed by atoms with E-state index in [0.717, 1.165) is 24.8 Å². The fourth-order valence-corrected chi connectivity index (χ4v) is 4.22. The van der Waals surface area contributed by atoms with E-state index in [1.54, 1.807) is 37.7 Å². The molecule has 0 saturated heterocycles. The molecule has 1 heterocycles. The minimum absolute atomic E-state index is 0.0516. The van der Waals surface area contributed by atoms with Crippen molar-refractivity contribution in [2.75, 3.05) is 19.5 Å². The molecule has 23 heavy (non-hydrogen) atoms. The number of methoxy groups -OCH3 is 2. The molecule has 4 nitrogen and oxygen atoms in total. The number of thiophene rings is 1. The summed E-state index contributed by atoms with van der Waals surface area (Å²) in [6.07, 6.45) is 3.23. The molecular weight excluding hydrogens is 310 g/mol. The number of nitrogens with one attached hydrogen (secondary N) is 1. The number of rotatable bonds is 4. The molecule has 0 radical (unpaired) electrons. The van der Waals surface area contributed by atoms with E-state index in [1.165, 1.54) is 10.4 Å². The van der Waals surface area contributed by atoms with Crippen LogP contribution in [0.5, 0.6) is 11.5 Å². The molecule has 1 aromatic carbocycles. The molecule has 0 saturated carbocycles. The Bertz CT molecular complexity index is 723. The normalized spacial score (nSPS) is 16.6. The summed E-state index contributed by atoms with van der Waals surface area (Å²) in [5.41, 5.74) is 2.74. The second-order valence-electron chi connectivity index (χ2n) is 5.92. The summed E-state index contributed by atoms with van der Waals surface area (Å²) < 4.78 is 10.5. The first-order valence-corrected chi connectivity index (χ1v) is 8.63. The number of anilines is 1. The number of hydrogen-bond donors (Lipinski definition) is 1. The molecule has 1 amide bonds. The van der Waals surface area contributed by atoms with Crippen LogP contribution in [0.25, 0.3) is 0 Å². The first-order valence-electron chi connectivity index (χ1n) is 7.75. The lowest BCUT2D eigenvalue weighted by Crippen LogP contribution is -2.16. The molecule has 1 unspecified atom stereocenters. The molecule has 1 aromatic heterocycles.